The van der Waals surface area contributed by atoms with Crippen LogP contribution >= 0.6 is 23.1 Å². The molecule has 0 radical (unpaired) electrons. The van der Waals surface area contributed by atoms with Crippen LogP contribution in [0.4, 0.5) is 0 Å². The van der Waals surface area contributed by atoms with Gasteiger partial charge in [-0.15, -0.1) is 11.3 Å². The zero-order valence-electron chi connectivity index (χ0n) is 15.1. The Morgan fingerprint density at radius 3 is 2.96 bits per heavy atom. The number of nitrogens with zero attached hydrogens (tertiary/aromatic N) is 2. The van der Waals surface area contributed by atoms with E-state index in [-0.39, 0.29) is 5.91 Å². The number of para-hydroxylation sites is 1. The van der Waals surface area contributed by atoms with Gasteiger partial charge in [-0.1, -0.05) is 18.2 Å². The zero-order valence-corrected chi connectivity index (χ0v) is 16.7. The molecule has 3 heterocycles. The van der Waals surface area contributed by atoms with Crippen LogP contribution in [0, 0.1) is 0 Å². The molecule has 1 atom stereocenters. The Morgan fingerprint density at radius 2 is 2.15 bits per heavy atom. The summed E-state index contributed by atoms with van der Waals surface area (Å²) in [7, 11) is 1.64. The van der Waals surface area contributed by atoms with Crippen molar-refractivity contribution in [2.24, 2.45) is 0 Å². The first kappa shape index (κ1) is 18.1. The summed E-state index contributed by atoms with van der Waals surface area (Å²) in [6, 6.07) is 13.8. The number of rotatable bonds is 4. The average molecular weight is 400 g/mol. The minimum absolute atomic E-state index is 0.0103. The van der Waals surface area contributed by atoms with E-state index in [1.54, 1.807) is 18.4 Å². The highest BCUT2D eigenvalue weighted by Gasteiger charge is 2.24. The van der Waals surface area contributed by atoms with E-state index >= 15 is 0 Å². The Kier molecular flexibility index (Phi) is 5.50. The number of aromatic nitrogens is 2. The maximum Gasteiger partial charge on any atom is 0.271 e. The SMILES string of the molecule is COc1ccccc1-c1cc(C(=O)N2CCS[C@H](c3cccs3)CC2)[nH]n1. The monoisotopic (exact) mass is 399 g/mol. The van der Waals surface area contributed by atoms with Gasteiger partial charge >= 0.3 is 0 Å². The molecule has 0 spiro atoms. The summed E-state index contributed by atoms with van der Waals surface area (Å²) in [5, 5.41) is 9.84. The van der Waals surface area contributed by atoms with Gasteiger partial charge in [-0.25, -0.2) is 0 Å². The normalized spacial score (nSPS) is 17.5. The molecule has 5 nitrogen and oxygen atoms in total. The lowest BCUT2D eigenvalue weighted by atomic mass is 10.1. The van der Waals surface area contributed by atoms with E-state index in [2.05, 4.69) is 27.7 Å². The van der Waals surface area contributed by atoms with Crippen LogP contribution in [-0.2, 0) is 0 Å². The van der Waals surface area contributed by atoms with Crippen LogP contribution in [0.25, 0.3) is 11.3 Å². The molecular weight excluding hydrogens is 378 g/mol. The van der Waals surface area contributed by atoms with E-state index in [1.165, 1.54) is 4.88 Å². The fourth-order valence-corrected chi connectivity index (χ4v) is 5.51. The van der Waals surface area contributed by atoms with Crippen LogP contribution < -0.4 is 4.74 Å². The lowest BCUT2D eigenvalue weighted by molar-refractivity contribution is 0.0760. The van der Waals surface area contributed by atoms with E-state index < -0.39 is 0 Å². The third-order valence-electron chi connectivity index (χ3n) is 4.68. The molecule has 27 heavy (non-hydrogen) atoms. The second-order valence-electron chi connectivity index (χ2n) is 6.32. The van der Waals surface area contributed by atoms with E-state index in [0.717, 1.165) is 42.3 Å². The lowest BCUT2D eigenvalue weighted by Gasteiger charge is -2.19. The smallest absolute Gasteiger partial charge is 0.271 e. The standard InChI is InChI=1S/C20H21N3O2S2/c1-25-17-6-3-2-5-14(17)15-13-16(22-21-15)20(24)23-9-8-19(27-12-10-23)18-7-4-11-26-18/h2-7,11,13,19H,8-10,12H2,1H3,(H,21,22)/t19-/m0/s1. The molecule has 4 rings (SSSR count). The minimum atomic E-state index is 0.0103. The van der Waals surface area contributed by atoms with Crippen molar-refractivity contribution in [2.75, 3.05) is 26.0 Å². The van der Waals surface area contributed by atoms with E-state index in [1.807, 2.05) is 47.0 Å². The summed E-state index contributed by atoms with van der Waals surface area (Å²) in [6.07, 6.45) is 0.977. The number of benzene rings is 1. The highest BCUT2D eigenvalue weighted by atomic mass is 32.2. The molecular formula is C20H21N3O2S2. The maximum atomic E-state index is 13.0. The van der Waals surface area contributed by atoms with Crippen molar-refractivity contribution in [3.63, 3.8) is 0 Å². The molecule has 1 saturated heterocycles. The lowest BCUT2D eigenvalue weighted by Crippen LogP contribution is -2.33. The highest BCUT2D eigenvalue weighted by molar-refractivity contribution is 7.99. The van der Waals surface area contributed by atoms with Crippen LogP contribution in [0.15, 0.2) is 47.8 Å². The number of aromatic amines is 1. The minimum Gasteiger partial charge on any atom is -0.496 e. The van der Waals surface area contributed by atoms with Crippen LogP contribution in [0.5, 0.6) is 5.75 Å². The average Bonchev–Trinajstić information content (AvgIpc) is 3.36. The fourth-order valence-electron chi connectivity index (χ4n) is 3.27. The predicted molar refractivity (Wildman–Crippen MR) is 111 cm³/mol. The third kappa shape index (κ3) is 3.89. The number of hydrogen-bond donors (Lipinski definition) is 1. The molecule has 0 saturated carbocycles. The van der Waals surface area contributed by atoms with Gasteiger partial charge in [-0.05, 0) is 36.1 Å². The summed E-state index contributed by atoms with van der Waals surface area (Å²) in [5.74, 6) is 1.70. The number of hydrogen-bond acceptors (Lipinski definition) is 5. The van der Waals surface area contributed by atoms with Crippen LogP contribution in [0.3, 0.4) is 0 Å². The first-order valence-corrected chi connectivity index (χ1v) is 10.8. The van der Waals surface area contributed by atoms with Gasteiger partial charge in [0.05, 0.1) is 12.8 Å². The number of nitrogens with one attached hydrogen (secondary N) is 1. The summed E-state index contributed by atoms with van der Waals surface area (Å²) in [6.45, 7) is 1.52. The first-order chi connectivity index (χ1) is 13.3. The van der Waals surface area contributed by atoms with Gasteiger partial charge in [0, 0.05) is 34.5 Å². The van der Waals surface area contributed by atoms with Crippen molar-refractivity contribution in [1.82, 2.24) is 15.1 Å². The second kappa shape index (κ2) is 8.19. The van der Waals surface area contributed by atoms with E-state index in [4.69, 9.17) is 4.74 Å². The molecule has 1 aliphatic heterocycles. The Morgan fingerprint density at radius 1 is 1.26 bits per heavy atom. The molecule has 1 fully saturated rings. The van der Waals surface area contributed by atoms with Crippen molar-refractivity contribution >= 4 is 29.0 Å². The number of carbonyl (C=O) groups is 1. The van der Waals surface area contributed by atoms with Crippen molar-refractivity contribution in [3.05, 3.63) is 58.4 Å². The quantitative estimate of drug-likeness (QED) is 0.703. The molecule has 140 valence electrons. The zero-order chi connectivity index (χ0) is 18.6. The topological polar surface area (TPSA) is 58.2 Å². The fraction of sp³-hybridized carbons (Fsp3) is 0.300. The first-order valence-electron chi connectivity index (χ1n) is 8.89. The van der Waals surface area contributed by atoms with Crippen LogP contribution in [-0.4, -0.2) is 47.0 Å². The molecule has 1 aliphatic rings. The highest BCUT2D eigenvalue weighted by Crippen LogP contribution is 2.37. The molecule has 2 aromatic heterocycles. The second-order valence-corrected chi connectivity index (χ2v) is 8.61. The number of H-pyrrole nitrogens is 1. The van der Waals surface area contributed by atoms with Crippen molar-refractivity contribution in [1.29, 1.82) is 0 Å². The van der Waals surface area contributed by atoms with Crippen molar-refractivity contribution in [2.45, 2.75) is 11.7 Å². The Labute approximate surface area is 166 Å². The third-order valence-corrected chi connectivity index (χ3v) is 7.13. The predicted octanol–water partition coefficient (Wildman–Crippen LogP) is 4.47. The van der Waals surface area contributed by atoms with Gasteiger partial charge in [0.1, 0.15) is 11.4 Å². The van der Waals surface area contributed by atoms with Gasteiger partial charge < -0.3 is 9.64 Å². The largest absolute Gasteiger partial charge is 0.496 e. The molecule has 0 unspecified atom stereocenters. The van der Waals surface area contributed by atoms with Crippen molar-refractivity contribution < 1.29 is 9.53 Å². The van der Waals surface area contributed by atoms with Gasteiger partial charge in [-0.2, -0.15) is 16.9 Å². The van der Waals surface area contributed by atoms with E-state index in [0.29, 0.717) is 10.9 Å². The number of amides is 1. The van der Waals surface area contributed by atoms with Crippen LogP contribution in [0.2, 0.25) is 0 Å². The number of methoxy groups -OCH3 is 1. The molecule has 1 amide bonds. The van der Waals surface area contributed by atoms with Gasteiger partial charge in [0.2, 0.25) is 0 Å². The number of thioether (sulfide) groups is 1. The number of thiophene rings is 1. The molecule has 7 heteroatoms. The van der Waals surface area contributed by atoms with Gasteiger partial charge in [0.15, 0.2) is 0 Å². The Bertz CT molecular complexity index is 908. The molecule has 1 N–H and O–H groups in total. The van der Waals surface area contributed by atoms with Gasteiger partial charge in [-0.3, -0.25) is 9.89 Å². The molecule has 3 aromatic rings. The number of carbonyl (C=O) groups excluding carboxylic acids is 1. The Hall–Kier alpha value is -2.25. The molecule has 1 aromatic carbocycles. The number of ether oxygens (including phenoxy) is 1. The summed E-state index contributed by atoms with van der Waals surface area (Å²) in [5.41, 5.74) is 2.12. The van der Waals surface area contributed by atoms with Crippen molar-refractivity contribution in [3.8, 4) is 17.0 Å². The van der Waals surface area contributed by atoms with Gasteiger partial charge in [0.25, 0.3) is 5.91 Å². The maximum absolute atomic E-state index is 13.0. The summed E-state index contributed by atoms with van der Waals surface area (Å²) < 4.78 is 5.40. The molecule has 0 bridgehead atoms. The summed E-state index contributed by atoms with van der Waals surface area (Å²) in [4.78, 5) is 16.3. The Balaban J connectivity index is 1.48. The van der Waals surface area contributed by atoms with E-state index in [9.17, 15) is 4.79 Å². The summed E-state index contributed by atoms with van der Waals surface area (Å²) >= 11 is 3.74. The molecule has 0 aliphatic carbocycles. The van der Waals surface area contributed by atoms with Crippen LogP contribution in [0.1, 0.15) is 27.0 Å².